The minimum atomic E-state index is -1.06. The topological polar surface area (TPSA) is 66.8 Å². The average Bonchev–Trinajstić information content (AvgIpc) is 2.58. The second-order valence-electron chi connectivity index (χ2n) is 7.14. The van der Waals surface area contributed by atoms with Crippen LogP contribution in [0, 0.1) is 0 Å². The molecule has 138 valence electrons. The van der Waals surface area contributed by atoms with Gasteiger partial charge in [-0.15, -0.1) is 0 Å². The molecule has 2 aromatic carbocycles. The summed E-state index contributed by atoms with van der Waals surface area (Å²) in [6.07, 6.45) is -0.424. The quantitative estimate of drug-likeness (QED) is 0.846. The van der Waals surface area contributed by atoms with Gasteiger partial charge in [0.05, 0.1) is 0 Å². The normalized spacial score (nSPS) is 12.3. The van der Waals surface area contributed by atoms with Crippen LogP contribution in [0.2, 0.25) is 0 Å². The molecule has 0 fully saturated rings. The summed E-state index contributed by atoms with van der Waals surface area (Å²) in [7, 11) is 0. The minimum absolute atomic E-state index is 0.166. The maximum atomic E-state index is 12.7. The highest BCUT2D eigenvalue weighted by Crippen LogP contribution is 2.18. The van der Waals surface area contributed by atoms with E-state index in [0.29, 0.717) is 0 Å². The van der Waals surface area contributed by atoms with Gasteiger partial charge < -0.3 is 9.84 Å². The molecule has 5 nitrogen and oxygen atoms in total. The second kappa shape index (κ2) is 8.52. The fourth-order valence-electron chi connectivity index (χ4n) is 2.57. The van der Waals surface area contributed by atoms with Crippen molar-refractivity contribution in [3.05, 3.63) is 71.8 Å². The molecule has 0 aromatic heterocycles. The van der Waals surface area contributed by atoms with Gasteiger partial charge in [-0.25, -0.2) is 9.59 Å². The zero-order chi connectivity index (χ0) is 19.2. The van der Waals surface area contributed by atoms with Crippen LogP contribution in [-0.4, -0.2) is 33.7 Å². The highest BCUT2D eigenvalue weighted by molar-refractivity contribution is 5.80. The number of aliphatic carboxylic acids is 1. The van der Waals surface area contributed by atoms with Gasteiger partial charge in [-0.3, -0.25) is 4.90 Å². The number of carbonyl (C=O) groups excluding carboxylic acids is 1. The number of benzene rings is 2. The van der Waals surface area contributed by atoms with Crippen LogP contribution in [-0.2, 0) is 22.5 Å². The van der Waals surface area contributed by atoms with E-state index in [2.05, 4.69) is 0 Å². The van der Waals surface area contributed by atoms with Gasteiger partial charge in [0, 0.05) is 13.0 Å². The van der Waals surface area contributed by atoms with E-state index >= 15 is 0 Å². The van der Waals surface area contributed by atoms with Gasteiger partial charge >= 0.3 is 12.1 Å². The monoisotopic (exact) mass is 355 g/mol. The Bertz CT molecular complexity index is 723. The van der Waals surface area contributed by atoms with Crippen LogP contribution >= 0.6 is 0 Å². The van der Waals surface area contributed by atoms with Gasteiger partial charge in [-0.1, -0.05) is 60.7 Å². The van der Waals surface area contributed by atoms with Crippen LogP contribution in [0.4, 0.5) is 4.79 Å². The van der Waals surface area contributed by atoms with Crippen LogP contribution in [0.3, 0.4) is 0 Å². The van der Waals surface area contributed by atoms with E-state index in [1.54, 1.807) is 20.8 Å². The second-order valence-corrected chi connectivity index (χ2v) is 7.14. The average molecular weight is 355 g/mol. The molecule has 0 aliphatic rings. The summed E-state index contributed by atoms with van der Waals surface area (Å²) >= 11 is 0. The lowest BCUT2D eigenvalue weighted by molar-refractivity contribution is -0.143. The van der Waals surface area contributed by atoms with Crippen molar-refractivity contribution >= 4 is 12.1 Å². The van der Waals surface area contributed by atoms with Crippen LogP contribution in [0.5, 0.6) is 0 Å². The molecule has 2 rings (SSSR count). The van der Waals surface area contributed by atoms with Gasteiger partial charge in [-0.2, -0.15) is 0 Å². The standard InChI is InChI=1S/C21H25NO4/c1-21(2,3)26-20(25)22(15-17-12-8-5-9-13-17)18(19(23)24)14-16-10-6-4-7-11-16/h4-13,18H,14-15H2,1-3H3,(H,23,24)/t18-/m1/s1. The Labute approximate surface area is 154 Å². The highest BCUT2D eigenvalue weighted by atomic mass is 16.6. The smallest absolute Gasteiger partial charge is 0.411 e. The summed E-state index contributed by atoms with van der Waals surface area (Å²) in [4.78, 5) is 26.0. The molecule has 0 saturated heterocycles. The van der Waals surface area contributed by atoms with Crippen molar-refractivity contribution in [2.24, 2.45) is 0 Å². The first kappa shape index (κ1) is 19.5. The van der Waals surface area contributed by atoms with Crippen LogP contribution in [0.15, 0.2) is 60.7 Å². The Hall–Kier alpha value is -2.82. The number of hydrogen-bond acceptors (Lipinski definition) is 3. The van der Waals surface area contributed by atoms with E-state index in [0.717, 1.165) is 11.1 Å². The predicted molar refractivity (Wildman–Crippen MR) is 99.8 cm³/mol. The zero-order valence-corrected chi connectivity index (χ0v) is 15.4. The summed E-state index contributed by atoms with van der Waals surface area (Å²) in [5.74, 6) is -1.06. The zero-order valence-electron chi connectivity index (χ0n) is 15.4. The van der Waals surface area contributed by atoms with E-state index in [1.807, 2.05) is 60.7 Å². The first-order valence-electron chi connectivity index (χ1n) is 8.56. The summed E-state index contributed by atoms with van der Waals surface area (Å²) in [6.45, 7) is 5.45. The Morgan fingerprint density at radius 1 is 0.962 bits per heavy atom. The van der Waals surface area contributed by atoms with E-state index in [-0.39, 0.29) is 13.0 Å². The molecule has 0 unspecified atom stereocenters. The fourth-order valence-corrected chi connectivity index (χ4v) is 2.57. The number of carboxylic acids is 1. The highest BCUT2D eigenvalue weighted by Gasteiger charge is 2.33. The third-order valence-corrected chi connectivity index (χ3v) is 3.76. The van der Waals surface area contributed by atoms with Crippen LogP contribution in [0.1, 0.15) is 31.9 Å². The van der Waals surface area contributed by atoms with Gasteiger partial charge in [0.25, 0.3) is 0 Å². The molecule has 0 saturated carbocycles. The van der Waals surface area contributed by atoms with Crippen molar-refractivity contribution in [2.45, 2.75) is 45.4 Å². The summed E-state index contributed by atoms with van der Waals surface area (Å²) < 4.78 is 5.46. The van der Waals surface area contributed by atoms with E-state index in [1.165, 1.54) is 4.90 Å². The van der Waals surface area contributed by atoms with Gasteiger partial charge in [0.1, 0.15) is 11.6 Å². The summed E-state index contributed by atoms with van der Waals surface area (Å²) in [5.41, 5.74) is 0.987. The maximum Gasteiger partial charge on any atom is 0.411 e. The summed E-state index contributed by atoms with van der Waals surface area (Å²) in [6, 6.07) is 17.6. The number of hydrogen-bond donors (Lipinski definition) is 1. The first-order valence-corrected chi connectivity index (χ1v) is 8.56. The lowest BCUT2D eigenvalue weighted by atomic mass is 10.0. The number of carboxylic acid groups (broad SMARTS) is 1. The molecule has 0 spiro atoms. The summed E-state index contributed by atoms with van der Waals surface area (Å²) in [5, 5.41) is 9.78. The predicted octanol–water partition coefficient (Wildman–Crippen LogP) is 4.12. The van der Waals surface area contributed by atoms with E-state index in [9.17, 15) is 14.7 Å². The number of nitrogens with zero attached hydrogens (tertiary/aromatic N) is 1. The first-order chi connectivity index (χ1) is 12.3. The Balaban J connectivity index is 2.31. The molecule has 0 aliphatic carbocycles. The lowest BCUT2D eigenvalue weighted by Crippen LogP contribution is -2.47. The minimum Gasteiger partial charge on any atom is -0.480 e. The Morgan fingerprint density at radius 2 is 1.46 bits per heavy atom. The van der Waals surface area contributed by atoms with Crippen molar-refractivity contribution in [3.63, 3.8) is 0 Å². The molecule has 1 atom stereocenters. The number of amides is 1. The van der Waals surface area contributed by atoms with Crippen molar-refractivity contribution < 1.29 is 19.4 Å². The molecule has 0 aliphatic heterocycles. The van der Waals surface area contributed by atoms with E-state index < -0.39 is 23.7 Å². The number of ether oxygens (including phenoxy) is 1. The maximum absolute atomic E-state index is 12.7. The molecular formula is C21H25NO4. The number of rotatable bonds is 6. The Morgan fingerprint density at radius 3 is 1.92 bits per heavy atom. The third kappa shape index (κ3) is 5.92. The molecule has 26 heavy (non-hydrogen) atoms. The van der Waals surface area contributed by atoms with Crippen LogP contribution < -0.4 is 0 Å². The van der Waals surface area contributed by atoms with E-state index in [4.69, 9.17) is 4.74 Å². The fraction of sp³-hybridized carbons (Fsp3) is 0.333. The third-order valence-electron chi connectivity index (χ3n) is 3.76. The lowest BCUT2D eigenvalue weighted by Gasteiger charge is -2.31. The molecular weight excluding hydrogens is 330 g/mol. The van der Waals surface area contributed by atoms with Crippen molar-refractivity contribution in [1.82, 2.24) is 4.90 Å². The molecule has 1 N–H and O–H groups in total. The van der Waals surface area contributed by atoms with Gasteiger partial charge in [0.15, 0.2) is 0 Å². The van der Waals surface area contributed by atoms with Gasteiger partial charge in [-0.05, 0) is 31.9 Å². The number of carbonyl (C=O) groups is 2. The molecule has 0 heterocycles. The Kier molecular flexibility index (Phi) is 6.39. The molecule has 0 bridgehead atoms. The molecule has 2 aromatic rings. The largest absolute Gasteiger partial charge is 0.480 e. The molecule has 1 amide bonds. The SMILES string of the molecule is CC(C)(C)OC(=O)N(Cc1ccccc1)[C@H](Cc1ccccc1)C(=O)O. The van der Waals surface area contributed by atoms with Crippen molar-refractivity contribution in [1.29, 1.82) is 0 Å². The van der Waals surface area contributed by atoms with Gasteiger partial charge in [0.2, 0.25) is 0 Å². The van der Waals surface area contributed by atoms with Crippen molar-refractivity contribution in [3.8, 4) is 0 Å². The molecule has 5 heteroatoms. The molecule has 0 radical (unpaired) electrons. The van der Waals surface area contributed by atoms with Crippen LogP contribution in [0.25, 0.3) is 0 Å². The van der Waals surface area contributed by atoms with Crippen molar-refractivity contribution in [2.75, 3.05) is 0 Å².